The predicted octanol–water partition coefficient (Wildman–Crippen LogP) is 4.35. The lowest BCUT2D eigenvalue weighted by Gasteiger charge is -2.20. The first-order valence-corrected chi connectivity index (χ1v) is 9.08. The van der Waals surface area contributed by atoms with Crippen molar-refractivity contribution in [3.63, 3.8) is 0 Å². The van der Waals surface area contributed by atoms with Crippen LogP contribution in [0.5, 0.6) is 0 Å². The van der Waals surface area contributed by atoms with Crippen LogP contribution in [0.25, 0.3) is 11.0 Å². The number of hydrogen-bond donors (Lipinski definition) is 2. The summed E-state index contributed by atoms with van der Waals surface area (Å²) in [5.41, 5.74) is 3.36. The molecule has 0 atom stereocenters. The molecule has 0 fully saturated rings. The molecule has 1 heterocycles. The average Bonchev–Trinajstić information content (AvgIpc) is 2.89. The molecule has 1 aromatic heterocycles. The number of H-pyrrole nitrogens is 1. The molecule has 3 rings (SSSR count). The molecule has 0 bridgehead atoms. The Kier molecular flexibility index (Phi) is 5.17. The van der Waals surface area contributed by atoms with Crippen molar-refractivity contribution < 1.29 is 9.18 Å². The smallest absolute Gasteiger partial charge is 0.324 e. The van der Waals surface area contributed by atoms with Gasteiger partial charge in [-0.25, -0.2) is 9.18 Å². The Bertz CT molecular complexity index is 1020. The quantitative estimate of drug-likeness (QED) is 0.702. The number of carbonyl (C=O) groups excluding carboxylic acids is 1. The molecular formula is C21H24FN3O2. The molecule has 0 saturated carbocycles. The van der Waals surface area contributed by atoms with E-state index < -0.39 is 11.5 Å². The molecule has 6 heteroatoms. The van der Waals surface area contributed by atoms with Crippen LogP contribution in [0.1, 0.15) is 50.7 Å². The van der Waals surface area contributed by atoms with E-state index in [1.165, 1.54) is 22.8 Å². The molecule has 142 valence electrons. The first-order valence-electron chi connectivity index (χ1n) is 9.08. The molecule has 0 aliphatic carbocycles. The van der Waals surface area contributed by atoms with Crippen LogP contribution >= 0.6 is 0 Å². The molecule has 27 heavy (non-hydrogen) atoms. The van der Waals surface area contributed by atoms with E-state index in [9.17, 15) is 14.0 Å². The van der Waals surface area contributed by atoms with Crippen molar-refractivity contribution in [2.45, 2.75) is 46.1 Å². The van der Waals surface area contributed by atoms with Crippen molar-refractivity contribution >= 4 is 22.6 Å². The molecule has 2 aromatic carbocycles. The number of aromatic amines is 1. The summed E-state index contributed by atoms with van der Waals surface area (Å²) in [6.45, 7) is 8.16. The Balaban J connectivity index is 1.94. The molecule has 0 radical (unpaired) electrons. The number of imidazole rings is 1. The minimum absolute atomic E-state index is 0.144. The Labute approximate surface area is 157 Å². The van der Waals surface area contributed by atoms with Crippen molar-refractivity contribution in [3.8, 4) is 0 Å². The van der Waals surface area contributed by atoms with Gasteiger partial charge in [-0.1, -0.05) is 45.9 Å². The molecule has 3 aromatic rings. The number of amides is 1. The maximum Gasteiger partial charge on any atom is 0.326 e. The van der Waals surface area contributed by atoms with Crippen LogP contribution in [-0.4, -0.2) is 15.5 Å². The fraction of sp³-hybridized carbons (Fsp3) is 0.333. The summed E-state index contributed by atoms with van der Waals surface area (Å²) in [6.07, 6.45) is 0. The van der Waals surface area contributed by atoms with Crippen molar-refractivity contribution in [2.75, 3.05) is 5.32 Å². The van der Waals surface area contributed by atoms with Gasteiger partial charge in [0.1, 0.15) is 12.4 Å². The van der Waals surface area contributed by atoms with Crippen LogP contribution < -0.4 is 11.0 Å². The SMILES string of the molecule is CC(C)c1cccc(C(C)C)c1NC(=O)Cn1c(=O)[nH]c2cc(F)ccc21. The zero-order chi connectivity index (χ0) is 19.7. The standard InChI is InChI=1S/C21H24FN3O2/c1-12(2)15-6-5-7-16(13(3)4)20(15)24-19(26)11-25-18-9-8-14(22)10-17(18)23-21(25)27/h5-10,12-13H,11H2,1-4H3,(H,23,27)(H,24,26). The molecule has 1 amide bonds. The lowest BCUT2D eigenvalue weighted by molar-refractivity contribution is -0.116. The van der Waals surface area contributed by atoms with E-state index >= 15 is 0 Å². The lowest BCUT2D eigenvalue weighted by atomic mass is 9.92. The van der Waals surface area contributed by atoms with Crippen LogP contribution in [0.2, 0.25) is 0 Å². The highest BCUT2D eigenvalue weighted by atomic mass is 19.1. The fourth-order valence-corrected chi connectivity index (χ4v) is 3.31. The van der Waals surface area contributed by atoms with Gasteiger partial charge in [-0.3, -0.25) is 9.36 Å². The van der Waals surface area contributed by atoms with Crippen molar-refractivity contribution in [1.82, 2.24) is 9.55 Å². The number of carbonyl (C=O) groups is 1. The first-order chi connectivity index (χ1) is 12.8. The highest BCUT2D eigenvalue weighted by Gasteiger charge is 2.17. The number of hydrogen-bond acceptors (Lipinski definition) is 2. The summed E-state index contributed by atoms with van der Waals surface area (Å²) < 4.78 is 14.7. The number of halogens is 1. The third kappa shape index (κ3) is 3.79. The number of anilines is 1. The third-order valence-electron chi connectivity index (χ3n) is 4.68. The monoisotopic (exact) mass is 369 g/mol. The van der Waals surface area contributed by atoms with Crippen LogP contribution in [0.4, 0.5) is 10.1 Å². The highest BCUT2D eigenvalue weighted by molar-refractivity contribution is 5.93. The summed E-state index contributed by atoms with van der Waals surface area (Å²) in [4.78, 5) is 27.5. The van der Waals surface area contributed by atoms with Crippen molar-refractivity contribution in [2.24, 2.45) is 0 Å². The molecule has 2 N–H and O–H groups in total. The van der Waals surface area contributed by atoms with Gasteiger partial charge in [0.2, 0.25) is 5.91 Å². The lowest BCUT2D eigenvalue weighted by Crippen LogP contribution is -2.26. The molecule has 0 unspecified atom stereocenters. The molecule has 0 aliphatic rings. The van der Waals surface area contributed by atoms with Gasteiger partial charge in [0.15, 0.2) is 0 Å². The summed E-state index contributed by atoms with van der Waals surface area (Å²) in [5, 5.41) is 3.00. The molecular weight excluding hydrogens is 345 g/mol. The number of aromatic nitrogens is 2. The van der Waals surface area contributed by atoms with Gasteiger partial charge in [-0.15, -0.1) is 0 Å². The van der Waals surface area contributed by atoms with Gasteiger partial charge in [0, 0.05) is 5.69 Å². The summed E-state index contributed by atoms with van der Waals surface area (Å²) in [6, 6.07) is 10.0. The van der Waals surface area contributed by atoms with Gasteiger partial charge in [-0.2, -0.15) is 0 Å². The van der Waals surface area contributed by atoms with E-state index in [1.54, 1.807) is 0 Å². The zero-order valence-corrected chi connectivity index (χ0v) is 16.0. The Morgan fingerprint density at radius 1 is 1.11 bits per heavy atom. The molecule has 0 saturated heterocycles. The van der Waals surface area contributed by atoms with E-state index in [0.717, 1.165) is 16.8 Å². The second-order valence-electron chi connectivity index (χ2n) is 7.35. The van der Waals surface area contributed by atoms with Gasteiger partial charge in [0.25, 0.3) is 0 Å². The van der Waals surface area contributed by atoms with Crippen LogP contribution in [0, 0.1) is 5.82 Å². The molecule has 0 spiro atoms. The van der Waals surface area contributed by atoms with E-state index in [2.05, 4.69) is 38.0 Å². The number of nitrogens with zero attached hydrogens (tertiary/aromatic N) is 1. The number of benzene rings is 2. The largest absolute Gasteiger partial charge is 0.326 e. The number of rotatable bonds is 5. The molecule has 0 aliphatic heterocycles. The fourth-order valence-electron chi connectivity index (χ4n) is 3.31. The highest BCUT2D eigenvalue weighted by Crippen LogP contribution is 2.32. The topological polar surface area (TPSA) is 66.9 Å². The minimum Gasteiger partial charge on any atom is -0.324 e. The van der Waals surface area contributed by atoms with Crippen LogP contribution in [-0.2, 0) is 11.3 Å². The summed E-state index contributed by atoms with van der Waals surface area (Å²) >= 11 is 0. The van der Waals surface area contributed by atoms with Crippen molar-refractivity contribution in [1.29, 1.82) is 0 Å². The van der Waals surface area contributed by atoms with E-state index in [-0.39, 0.29) is 24.3 Å². The zero-order valence-electron chi connectivity index (χ0n) is 16.0. The number of para-hydroxylation sites is 1. The van der Waals surface area contributed by atoms with Crippen LogP contribution in [0.15, 0.2) is 41.2 Å². The normalized spacial score (nSPS) is 11.5. The number of nitrogens with one attached hydrogen (secondary N) is 2. The summed E-state index contributed by atoms with van der Waals surface area (Å²) in [5.74, 6) is -0.235. The maximum absolute atomic E-state index is 13.4. The van der Waals surface area contributed by atoms with E-state index in [0.29, 0.717) is 11.0 Å². The van der Waals surface area contributed by atoms with Gasteiger partial charge < -0.3 is 10.3 Å². The summed E-state index contributed by atoms with van der Waals surface area (Å²) in [7, 11) is 0. The Morgan fingerprint density at radius 3 is 2.33 bits per heavy atom. The first kappa shape index (κ1) is 18.9. The van der Waals surface area contributed by atoms with E-state index in [1.807, 2.05) is 18.2 Å². The van der Waals surface area contributed by atoms with E-state index in [4.69, 9.17) is 0 Å². The van der Waals surface area contributed by atoms with Crippen molar-refractivity contribution in [3.05, 3.63) is 63.8 Å². The van der Waals surface area contributed by atoms with Gasteiger partial charge in [0.05, 0.1) is 11.0 Å². The second-order valence-corrected chi connectivity index (χ2v) is 7.35. The predicted molar refractivity (Wildman–Crippen MR) is 106 cm³/mol. The maximum atomic E-state index is 13.4. The number of fused-ring (bicyclic) bond motifs is 1. The Hall–Kier alpha value is -2.89. The Morgan fingerprint density at radius 2 is 1.74 bits per heavy atom. The van der Waals surface area contributed by atoms with Gasteiger partial charge in [-0.05, 0) is 41.2 Å². The van der Waals surface area contributed by atoms with Gasteiger partial charge >= 0.3 is 5.69 Å². The molecule has 5 nitrogen and oxygen atoms in total. The average molecular weight is 369 g/mol. The minimum atomic E-state index is -0.438. The third-order valence-corrected chi connectivity index (χ3v) is 4.68. The van der Waals surface area contributed by atoms with Crippen LogP contribution in [0.3, 0.4) is 0 Å². The second kappa shape index (κ2) is 7.39.